The predicted octanol–water partition coefficient (Wildman–Crippen LogP) is 6.44. The van der Waals surface area contributed by atoms with Crippen LogP contribution in [0.2, 0.25) is 0 Å². The molecule has 2 aliphatic rings. The number of H-pyrrole nitrogens is 2. The number of nitrogens with zero attached hydrogens (tertiary/aromatic N) is 10. The van der Waals surface area contributed by atoms with Crippen LogP contribution in [0.15, 0.2) is 24.3 Å². The van der Waals surface area contributed by atoms with E-state index in [0.29, 0.717) is 0 Å². The molecule has 2 N–H and O–H groups in total. The summed E-state index contributed by atoms with van der Waals surface area (Å²) in [5, 5.41) is 0. The minimum atomic E-state index is 0. The summed E-state index contributed by atoms with van der Waals surface area (Å²) in [6.07, 6.45) is 8.68. The van der Waals surface area contributed by atoms with Gasteiger partial charge in [-0.25, -0.2) is 46.5 Å². The quantitative estimate of drug-likeness (QED) is 0.158. The molecule has 0 aromatic carbocycles. The fourth-order valence-corrected chi connectivity index (χ4v) is 9.60. The normalized spacial score (nSPS) is 12.3. The summed E-state index contributed by atoms with van der Waals surface area (Å²) >= 11 is 0. The number of nitrogens with one attached hydrogen (secondary N) is 2. The molecule has 0 amide bonds. The Morgan fingerprint density at radius 1 is 0.377 bits per heavy atom. The Hall–Kier alpha value is -6.04. The van der Waals surface area contributed by atoms with Crippen molar-refractivity contribution < 1.29 is 35.3 Å². The van der Waals surface area contributed by atoms with E-state index in [4.69, 9.17) is 9.97 Å². The van der Waals surface area contributed by atoms with Crippen LogP contribution in [0.5, 0.6) is 0 Å². The van der Waals surface area contributed by atoms with Gasteiger partial charge in [0.2, 0.25) is 0 Å². The van der Waals surface area contributed by atoms with Crippen LogP contribution in [0, 0.1) is 55.4 Å². The molecular weight excluding hydrogens is 800 g/mol. The van der Waals surface area contributed by atoms with Gasteiger partial charge in [0.25, 0.3) is 23.3 Å². The molecule has 0 saturated heterocycles. The zero-order chi connectivity index (χ0) is 43.0. The number of imidazole rings is 4. The van der Waals surface area contributed by atoms with Crippen LogP contribution >= 0.6 is 0 Å². The number of aromatic nitrogens is 12. The SMILES string of the molecule is Cc1c(C)[n+](C)c(-c2c3nc(c(-c4n(C)c(C)c(C)[n+]4C)c4ccc([nH]4)c(-c4n(C)c(C)c(C)[n+]4C)c4ccc([nH]4)c(-c4n(C)c(C)c(C)[n+]4C)c4nc2C=C4)C=C3)n1C.[Mn+3]. The maximum atomic E-state index is 5.59. The third kappa shape index (κ3) is 5.84. The van der Waals surface area contributed by atoms with Gasteiger partial charge in [-0.05, 0) is 48.6 Å². The summed E-state index contributed by atoms with van der Waals surface area (Å²) in [7, 11) is 17.2. The van der Waals surface area contributed by atoms with Gasteiger partial charge in [-0.1, -0.05) is 0 Å². The van der Waals surface area contributed by atoms with E-state index in [1.165, 1.54) is 45.6 Å². The third-order valence-electron chi connectivity index (χ3n) is 14.3. The molecular formula is C48H58MnN12+7. The molecule has 7 aromatic heterocycles. The van der Waals surface area contributed by atoms with Crippen molar-refractivity contribution in [2.75, 3.05) is 0 Å². The first kappa shape index (κ1) is 41.7. The Morgan fingerprint density at radius 2 is 0.607 bits per heavy atom. The Morgan fingerprint density at radius 3 is 0.869 bits per heavy atom. The molecule has 0 aliphatic carbocycles. The largest absolute Gasteiger partial charge is 3.00 e. The van der Waals surface area contributed by atoms with Crippen molar-refractivity contribution in [1.29, 1.82) is 0 Å². The monoisotopic (exact) mass is 857 g/mol. The zero-order valence-electron chi connectivity index (χ0n) is 38.5. The average molecular weight is 858 g/mol. The molecule has 7 aromatic rings. The summed E-state index contributed by atoms with van der Waals surface area (Å²) in [6, 6.07) is 8.88. The van der Waals surface area contributed by atoms with E-state index >= 15 is 0 Å². The van der Waals surface area contributed by atoms with Gasteiger partial charge in [-0.3, -0.25) is 0 Å². The molecule has 0 saturated carbocycles. The van der Waals surface area contributed by atoms with Crippen LogP contribution in [0.4, 0.5) is 0 Å². The Balaban J connectivity index is 0.00000514. The Labute approximate surface area is 368 Å². The van der Waals surface area contributed by atoms with Crippen LogP contribution in [0.3, 0.4) is 0 Å². The minimum Gasteiger partial charge on any atom is -0.354 e. The molecule has 61 heavy (non-hydrogen) atoms. The van der Waals surface area contributed by atoms with Gasteiger partial charge in [0.15, 0.2) is 0 Å². The summed E-state index contributed by atoms with van der Waals surface area (Å²) in [5.74, 6) is 4.26. The van der Waals surface area contributed by atoms with Crippen LogP contribution in [0.1, 0.15) is 68.3 Å². The Bertz CT molecular complexity index is 3010. The van der Waals surface area contributed by atoms with E-state index in [1.54, 1.807) is 0 Å². The van der Waals surface area contributed by atoms with Gasteiger partial charge in [-0.15, -0.1) is 0 Å². The van der Waals surface area contributed by atoms with Gasteiger partial charge >= 0.3 is 17.1 Å². The van der Waals surface area contributed by atoms with Gasteiger partial charge in [-0.2, -0.15) is 0 Å². The Kier molecular flexibility index (Phi) is 9.95. The van der Waals surface area contributed by atoms with Gasteiger partial charge in [0, 0.05) is 55.4 Å². The first-order chi connectivity index (χ1) is 28.4. The van der Waals surface area contributed by atoms with E-state index < -0.39 is 0 Å². The van der Waals surface area contributed by atoms with Crippen molar-refractivity contribution in [1.82, 2.24) is 38.2 Å². The molecule has 2 aliphatic heterocycles. The summed E-state index contributed by atoms with van der Waals surface area (Å²) in [4.78, 5) is 19.1. The van der Waals surface area contributed by atoms with Crippen molar-refractivity contribution in [2.24, 2.45) is 56.4 Å². The van der Waals surface area contributed by atoms with Crippen molar-refractivity contribution in [2.45, 2.75) is 55.4 Å². The fourth-order valence-electron chi connectivity index (χ4n) is 9.60. The summed E-state index contributed by atoms with van der Waals surface area (Å²) in [6.45, 7) is 17.5. The maximum absolute atomic E-state index is 5.59. The van der Waals surface area contributed by atoms with Crippen LogP contribution in [-0.4, -0.2) is 38.2 Å². The van der Waals surface area contributed by atoms with Crippen LogP contribution < -0.4 is 18.3 Å². The first-order valence-corrected chi connectivity index (χ1v) is 20.7. The predicted molar refractivity (Wildman–Crippen MR) is 239 cm³/mol. The molecule has 12 nitrogen and oxygen atoms in total. The molecule has 13 heteroatoms. The van der Waals surface area contributed by atoms with E-state index in [0.717, 1.165) is 90.4 Å². The van der Waals surface area contributed by atoms with E-state index in [1.807, 2.05) is 0 Å². The maximum Gasteiger partial charge on any atom is 3.00 e. The van der Waals surface area contributed by atoms with Gasteiger partial charge in [0.1, 0.15) is 67.8 Å². The van der Waals surface area contributed by atoms with Crippen LogP contribution in [0.25, 0.3) is 91.9 Å². The molecule has 8 bridgehead atoms. The fraction of sp³-hybridized carbons (Fsp3) is 0.333. The molecule has 9 heterocycles. The molecule has 0 radical (unpaired) electrons. The van der Waals surface area contributed by atoms with Crippen molar-refractivity contribution in [3.63, 3.8) is 0 Å². The molecule has 0 spiro atoms. The molecule has 0 atom stereocenters. The molecule has 310 valence electrons. The van der Waals surface area contributed by atoms with E-state index in [2.05, 4.69) is 207 Å². The summed E-state index contributed by atoms with van der Waals surface area (Å²) in [5.41, 5.74) is 21.1. The number of hydrogen-bond donors (Lipinski definition) is 2. The van der Waals surface area contributed by atoms with Gasteiger partial charge < -0.3 is 9.97 Å². The smallest absolute Gasteiger partial charge is 0.354 e. The average Bonchev–Trinajstić information content (AvgIpc) is 4.13. The topological polar surface area (TPSA) is 92.6 Å². The second-order valence-electron chi connectivity index (χ2n) is 17.0. The van der Waals surface area contributed by atoms with Crippen molar-refractivity contribution in [3.05, 3.63) is 92.6 Å². The summed E-state index contributed by atoms with van der Waals surface area (Å²) < 4.78 is 18.3. The van der Waals surface area contributed by atoms with Crippen molar-refractivity contribution >= 4 is 46.4 Å². The second-order valence-corrected chi connectivity index (χ2v) is 17.0. The molecule has 9 rings (SSSR count). The first-order valence-electron chi connectivity index (χ1n) is 20.7. The minimum absolute atomic E-state index is 0. The van der Waals surface area contributed by atoms with E-state index in [-0.39, 0.29) is 17.1 Å². The number of hydrogen-bond acceptors (Lipinski definition) is 2. The number of fused-ring (bicyclic) bond motifs is 8. The van der Waals surface area contributed by atoms with E-state index in [9.17, 15) is 0 Å². The van der Waals surface area contributed by atoms with Gasteiger partial charge in [0.05, 0.1) is 101 Å². The number of aromatic amines is 2. The second kappa shape index (κ2) is 14.6. The zero-order valence-corrected chi connectivity index (χ0v) is 39.6. The third-order valence-corrected chi connectivity index (χ3v) is 14.3. The molecule has 0 fully saturated rings. The standard InChI is InChI=1S/C48H57N12.Mn/c1-25-26(2)54(10)45(53(25)9)41-33-17-19-35(49-33)42(46-55(11)27(3)28(4)56(46)12)37-21-23-39(51-37)44(48-59(15)31(7)32(8)60(48)16)40-24-22-38(52-40)43(36-20-18-34(41)50-36)47-57(13)29(5)30(6)58(47)14;/h17-24H,1-16H3,(H,49,50,51,52);/q2*+3/p+1. The van der Waals surface area contributed by atoms with Crippen LogP contribution in [-0.2, 0) is 73.5 Å². The number of rotatable bonds is 4. The van der Waals surface area contributed by atoms with Crippen molar-refractivity contribution in [3.8, 4) is 45.6 Å². The molecule has 0 unspecified atom stereocenters.